The van der Waals surface area contributed by atoms with Gasteiger partial charge in [0.25, 0.3) is 0 Å². The smallest absolute Gasteiger partial charge is 0.228 e. The number of carbonyl (C=O) groups excluding carboxylic acids is 1. The maximum absolute atomic E-state index is 13.2. The van der Waals surface area contributed by atoms with Gasteiger partial charge in [-0.1, -0.05) is 24.3 Å². The van der Waals surface area contributed by atoms with Crippen molar-refractivity contribution in [1.82, 2.24) is 0 Å². The van der Waals surface area contributed by atoms with Crippen LogP contribution >= 0.6 is 11.8 Å². The summed E-state index contributed by atoms with van der Waals surface area (Å²) in [6, 6.07) is 17.9. The van der Waals surface area contributed by atoms with Crippen molar-refractivity contribution >= 4 is 23.4 Å². The number of hydrogen-bond acceptors (Lipinski definition) is 3. The molecule has 25 heavy (non-hydrogen) atoms. The van der Waals surface area contributed by atoms with Gasteiger partial charge < -0.3 is 9.32 Å². The van der Waals surface area contributed by atoms with E-state index in [-0.39, 0.29) is 17.0 Å². The van der Waals surface area contributed by atoms with Gasteiger partial charge >= 0.3 is 0 Å². The summed E-state index contributed by atoms with van der Waals surface area (Å²) in [5.41, 5.74) is 1.78. The minimum atomic E-state index is -0.278. The molecule has 126 valence electrons. The maximum Gasteiger partial charge on any atom is 0.228 e. The third-order valence-electron chi connectivity index (χ3n) is 4.20. The van der Waals surface area contributed by atoms with Crippen molar-refractivity contribution in [3.63, 3.8) is 0 Å². The first-order valence-electron chi connectivity index (χ1n) is 8.04. The highest BCUT2D eigenvalue weighted by Crippen LogP contribution is 2.45. The van der Waals surface area contributed by atoms with Gasteiger partial charge in [0.1, 0.15) is 11.6 Å². The molecule has 0 unspecified atom stereocenters. The number of amides is 1. The van der Waals surface area contributed by atoms with E-state index in [0.29, 0.717) is 13.0 Å². The summed E-state index contributed by atoms with van der Waals surface area (Å²) in [7, 11) is 0. The molecular formula is C20H16FNO2S. The summed E-state index contributed by atoms with van der Waals surface area (Å²) < 4.78 is 18.7. The largest absolute Gasteiger partial charge is 0.468 e. The predicted molar refractivity (Wildman–Crippen MR) is 96.0 cm³/mol. The van der Waals surface area contributed by atoms with Gasteiger partial charge in [-0.05, 0) is 42.0 Å². The molecule has 1 atom stereocenters. The van der Waals surface area contributed by atoms with Crippen LogP contribution in [-0.4, -0.2) is 5.91 Å². The van der Waals surface area contributed by atoms with E-state index in [1.165, 1.54) is 12.1 Å². The quantitative estimate of drug-likeness (QED) is 0.650. The number of para-hydroxylation sites is 1. The molecule has 2 heterocycles. The first-order chi connectivity index (χ1) is 12.2. The molecule has 1 aromatic heterocycles. The fraction of sp³-hybridized carbons (Fsp3) is 0.150. The van der Waals surface area contributed by atoms with Crippen molar-refractivity contribution in [2.45, 2.75) is 23.1 Å². The lowest BCUT2D eigenvalue weighted by Gasteiger charge is -2.22. The number of thioether (sulfide) groups is 1. The average molecular weight is 353 g/mol. The van der Waals surface area contributed by atoms with Gasteiger partial charge in [-0.3, -0.25) is 4.79 Å². The van der Waals surface area contributed by atoms with Gasteiger partial charge in [-0.15, -0.1) is 11.8 Å². The van der Waals surface area contributed by atoms with E-state index in [0.717, 1.165) is 21.9 Å². The monoisotopic (exact) mass is 353 g/mol. The van der Waals surface area contributed by atoms with E-state index in [1.807, 2.05) is 36.4 Å². The molecular weight excluding hydrogens is 337 g/mol. The Hall–Kier alpha value is -2.53. The Kier molecular flexibility index (Phi) is 4.32. The van der Waals surface area contributed by atoms with Crippen molar-refractivity contribution in [2.75, 3.05) is 4.90 Å². The number of anilines is 1. The van der Waals surface area contributed by atoms with Gasteiger partial charge in [0.15, 0.2) is 0 Å². The molecule has 0 saturated carbocycles. The van der Waals surface area contributed by atoms with Crippen LogP contribution in [-0.2, 0) is 11.3 Å². The van der Waals surface area contributed by atoms with Crippen LogP contribution in [0.5, 0.6) is 0 Å². The Morgan fingerprint density at radius 2 is 1.88 bits per heavy atom. The normalized spacial score (nSPS) is 17.2. The fourth-order valence-electron chi connectivity index (χ4n) is 2.96. The number of nitrogens with zero attached hydrogens (tertiary/aromatic N) is 1. The van der Waals surface area contributed by atoms with E-state index in [2.05, 4.69) is 0 Å². The van der Waals surface area contributed by atoms with Crippen LogP contribution in [0.4, 0.5) is 10.1 Å². The number of halogens is 1. The number of fused-ring (bicyclic) bond motifs is 1. The van der Waals surface area contributed by atoms with Crippen LogP contribution in [0, 0.1) is 5.82 Å². The third kappa shape index (κ3) is 3.33. The molecule has 0 bridgehead atoms. The molecule has 0 N–H and O–H groups in total. The van der Waals surface area contributed by atoms with Crippen molar-refractivity contribution < 1.29 is 13.6 Å². The number of benzene rings is 2. The van der Waals surface area contributed by atoms with Gasteiger partial charge in [0.05, 0.1) is 23.7 Å². The number of furan rings is 1. The van der Waals surface area contributed by atoms with Crippen LogP contribution in [0.25, 0.3) is 0 Å². The summed E-state index contributed by atoms with van der Waals surface area (Å²) in [6.07, 6.45) is 1.99. The Bertz CT molecular complexity index is 877. The number of carbonyl (C=O) groups is 1. The fourth-order valence-corrected chi connectivity index (χ4v) is 4.20. The molecule has 0 radical (unpaired) electrons. The van der Waals surface area contributed by atoms with E-state index < -0.39 is 0 Å². The molecule has 1 aliphatic rings. The highest BCUT2D eigenvalue weighted by molar-refractivity contribution is 7.99. The molecule has 1 aliphatic heterocycles. The van der Waals surface area contributed by atoms with Gasteiger partial charge in [0.2, 0.25) is 5.91 Å². The van der Waals surface area contributed by atoms with Crippen LogP contribution in [0.2, 0.25) is 0 Å². The topological polar surface area (TPSA) is 33.5 Å². The molecule has 0 fully saturated rings. The van der Waals surface area contributed by atoms with Crippen LogP contribution in [0.15, 0.2) is 76.2 Å². The maximum atomic E-state index is 13.2. The predicted octanol–water partition coefficient (Wildman–Crippen LogP) is 5.19. The molecule has 0 aliphatic carbocycles. The zero-order valence-corrected chi connectivity index (χ0v) is 14.2. The summed E-state index contributed by atoms with van der Waals surface area (Å²) in [4.78, 5) is 15.8. The van der Waals surface area contributed by atoms with E-state index in [4.69, 9.17) is 4.42 Å². The van der Waals surface area contributed by atoms with Crippen LogP contribution in [0.1, 0.15) is 23.0 Å². The zero-order valence-electron chi connectivity index (χ0n) is 13.4. The molecule has 1 amide bonds. The Morgan fingerprint density at radius 3 is 2.64 bits per heavy atom. The lowest BCUT2D eigenvalue weighted by Crippen LogP contribution is -2.30. The zero-order chi connectivity index (χ0) is 17.2. The molecule has 3 nitrogen and oxygen atoms in total. The minimum absolute atomic E-state index is 0.0307. The van der Waals surface area contributed by atoms with E-state index in [1.54, 1.807) is 35.1 Å². The average Bonchev–Trinajstić information content (AvgIpc) is 3.11. The SMILES string of the molecule is O=C1C[C@@H](c2ccco2)Sc2ccccc2N1Cc1ccc(F)cc1. The van der Waals surface area contributed by atoms with Crippen molar-refractivity contribution in [3.8, 4) is 0 Å². The van der Waals surface area contributed by atoms with Gasteiger partial charge in [-0.2, -0.15) is 0 Å². The lowest BCUT2D eigenvalue weighted by atomic mass is 10.1. The van der Waals surface area contributed by atoms with Gasteiger partial charge in [0, 0.05) is 11.3 Å². The summed E-state index contributed by atoms with van der Waals surface area (Å²) in [5, 5.41) is -0.0538. The Labute approximate surface area is 149 Å². The second-order valence-electron chi connectivity index (χ2n) is 5.90. The molecule has 2 aromatic carbocycles. The Balaban J connectivity index is 1.69. The van der Waals surface area contributed by atoms with Crippen molar-refractivity contribution in [2.24, 2.45) is 0 Å². The number of rotatable bonds is 3. The summed E-state index contributed by atoms with van der Waals surface area (Å²) >= 11 is 1.64. The first kappa shape index (κ1) is 16.0. The van der Waals surface area contributed by atoms with E-state index in [9.17, 15) is 9.18 Å². The molecule has 5 heteroatoms. The highest BCUT2D eigenvalue weighted by atomic mass is 32.2. The second-order valence-corrected chi connectivity index (χ2v) is 7.14. The van der Waals surface area contributed by atoms with Crippen molar-refractivity contribution in [3.05, 3.63) is 84.1 Å². The lowest BCUT2D eigenvalue weighted by molar-refractivity contribution is -0.118. The van der Waals surface area contributed by atoms with Gasteiger partial charge in [-0.25, -0.2) is 4.39 Å². The van der Waals surface area contributed by atoms with E-state index >= 15 is 0 Å². The summed E-state index contributed by atoms with van der Waals surface area (Å²) in [5.74, 6) is 0.555. The first-order valence-corrected chi connectivity index (χ1v) is 8.92. The molecule has 3 aromatic rings. The third-order valence-corrected chi connectivity index (χ3v) is 5.48. The van der Waals surface area contributed by atoms with Crippen molar-refractivity contribution in [1.29, 1.82) is 0 Å². The molecule has 4 rings (SSSR count). The van der Waals surface area contributed by atoms with Crippen LogP contribution < -0.4 is 4.90 Å². The minimum Gasteiger partial charge on any atom is -0.468 e. The van der Waals surface area contributed by atoms with Crippen LogP contribution in [0.3, 0.4) is 0 Å². The highest BCUT2D eigenvalue weighted by Gasteiger charge is 2.30. The Morgan fingerprint density at radius 1 is 1.08 bits per heavy atom. The standard InChI is InChI=1S/C20H16FNO2S/c21-15-9-7-14(8-10-15)13-22-16-4-1-2-6-18(16)25-19(12-20(22)23)17-5-3-11-24-17/h1-11,19H,12-13H2/t19-/m0/s1. The molecule has 0 saturated heterocycles. The molecule has 0 spiro atoms. The second kappa shape index (κ2) is 6.76. The summed E-state index contributed by atoms with van der Waals surface area (Å²) in [6.45, 7) is 0.418. The number of hydrogen-bond donors (Lipinski definition) is 0.